The number of nitrogens with zero attached hydrogens (tertiary/aromatic N) is 3. The van der Waals surface area contributed by atoms with Crippen LogP contribution >= 0.6 is 23.2 Å². The average Bonchev–Trinajstić information content (AvgIpc) is 3.18. The Hall–Kier alpha value is -3.50. The van der Waals surface area contributed by atoms with Crippen LogP contribution in [0.4, 0.5) is 10.5 Å². The molecule has 0 aromatic heterocycles. The normalized spacial score (nSPS) is 16.1. The highest BCUT2D eigenvalue weighted by Gasteiger charge is 2.54. The number of carbonyl (C=O) groups excluding carboxylic acids is 3. The number of nitrogens with one attached hydrogen (secondary N) is 2. The molecule has 40 heavy (non-hydrogen) atoms. The fourth-order valence-corrected chi connectivity index (χ4v) is 5.55. The third-order valence-corrected chi connectivity index (χ3v) is 7.48. The van der Waals surface area contributed by atoms with Gasteiger partial charge in [-0.1, -0.05) is 61.3 Å². The molecule has 4 rings (SSSR count). The Morgan fingerprint density at radius 3 is 2.12 bits per heavy atom. The molecule has 2 saturated heterocycles. The van der Waals surface area contributed by atoms with Crippen molar-refractivity contribution >= 4 is 52.7 Å². The molecule has 2 fully saturated rings. The zero-order valence-electron chi connectivity index (χ0n) is 22.8. The van der Waals surface area contributed by atoms with Gasteiger partial charge in [0, 0.05) is 32.4 Å². The second kappa shape index (κ2) is 13.7. The number of piperidine rings is 1. The third-order valence-electron chi connectivity index (χ3n) is 6.85. The number of aliphatic carboxylic acids is 1. The summed E-state index contributed by atoms with van der Waals surface area (Å²) in [5, 5.41) is 13.6. The van der Waals surface area contributed by atoms with Crippen LogP contribution in [0.25, 0.3) is 0 Å². The minimum atomic E-state index is -1.13. The molecule has 0 atom stereocenters. The highest BCUT2D eigenvalue weighted by Crippen LogP contribution is 2.39. The van der Waals surface area contributed by atoms with Gasteiger partial charge in [-0.15, -0.1) is 0 Å². The smallest absolute Gasteiger partial charge is 0.322 e. The first-order valence-corrected chi connectivity index (χ1v) is 13.8. The van der Waals surface area contributed by atoms with Crippen molar-refractivity contribution < 1.29 is 24.3 Å². The second-order valence-electron chi connectivity index (χ2n) is 10.1. The summed E-state index contributed by atoms with van der Waals surface area (Å²) in [6.45, 7) is 6.40. The molecule has 2 heterocycles. The standard InChI is InChI=1S/C19H28N4O2.C9H7Cl2NO3/c1-15(2)13-22-14-23(16-7-5-4-6-8-16)19(17(22)24)9-11-21(12-10-19)18(25)20-3;10-5-2-1-3-6(11)8(5)9(15)12-4-7(13)14/h4-8,15H,9-14H2,1-3H3,(H,20,25);1-3H,4H2,(H,12,15)(H,13,14). The first kappa shape index (κ1) is 31.0. The van der Waals surface area contributed by atoms with Gasteiger partial charge in [-0.3, -0.25) is 14.4 Å². The van der Waals surface area contributed by atoms with Crippen LogP contribution in [0.15, 0.2) is 48.5 Å². The van der Waals surface area contributed by atoms with Gasteiger partial charge in [0.25, 0.3) is 5.91 Å². The van der Waals surface area contributed by atoms with Gasteiger partial charge in [0.1, 0.15) is 12.1 Å². The summed E-state index contributed by atoms with van der Waals surface area (Å²) in [6.07, 6.45) is 1.34. The fourth-order valence-electron chi connectivity index (χ4n) is 4.98. The minimum absolute atomic E-state index is 0.0643. The number of rotatable bonds is 6. The summed E-state index contributed by atoms with van der Waals surface area (Å²) < 4.78 is 0. The number of urea groups is 1. The molecule has 2 aromatic carbocycles. The lowest BCUT2D eigenvalue weighted by Gasteiger charge is -2.43. The van der Waals surface area contributed by atoms with Crippen LogP contribution in [-0.4, -0.2) is 84.2 Å². The van der Waals surface area contributed by atoms with Gasteiger partial charge in [0.15, 0.2) is 0 Å². The van der Waals surface area contributed by atoms with Crippen LogP contribution in [0.1, 0.15) is 37.0 Å². The van der Waals surface area contributed by atoms with Crippen molar-refractivity contribution in [3.63, 3.8) is 0 Å². The summed E-state index contributed by atoms with van der Waals surface area (Å²) >= 11 is 11.5. The van der Waals surface area contributed by atoms with Gasteiger partial charge >= 0.3 is 12.0 Å². The van der Waals surface area contributed by atoms with Crippen molar-refractivity contribution in [2.24, 2.45) is 5.92 Å². The number of likely N-dealkylation sites (tertiary alicyclic amines) is 1. The Morgan fingerprint density at radius 1 is 1.00 bits per heavy atom. The second-order valence-corrected chi connectivity index (χ2v) is 10.9. The summed E-state index contributed by atoms with van der Waals surface area (Å²) in [4.78, 5) is 52.9. The van der Waals surface area contributed by atoms with Crippen molar-refractivity contribution in [2.75, 3.05) is 44.8 Å². The Morgan fingerprint density at radius 2 is 1.60 bits per heavy atom. The summed E-state index contributed by atoms with van der Waals surface area (Å²) in [7, 11) is 1.65. The van der Waals surface area contributed by atoms with E-state index >= 15 is 0 Å². The van der Waals surface area contributed by atoms with Gasteiger partial charge in [-0.05, 0) is 43.0 Å². The van der Waals surface area contributed by atoms with Gasteiger partial charge in [-0.2, -0.15) is 0 Å². The number of carboxylic acids is 1. The Kier molecular flexibility index (Phi) is 10.6. The predicted octanol–water partition coefficient (Wildman–Crippen LogP) is 3.93. The lowest BCUT2D eigenvalue weighted by atomic mass is 9.85. The number of carbonyl (C=O) groups is 4. The topological polar surface area (TPSA) is 122 Å². The van der Waals surface area contributed by atoms with Gasteiger partial charge in [0.05, 0.1) is 22.3 Å². The highest BCUT2D eigenvalue weighted by molar-refractivity contribution is 6.39. The monoisotopic (exact) mass is 591 g/mol. The lowest BCUT2D eigenvalue weighted by molar-refractivity contribution is -0.136. The summed E-state index contributed by atoms with van der Waals surface area (Å²) in [5.41, 5.74) is 0.637. The molecule has 0 saturated carbocycles. The first-order valence-electron chi connectivity index (χ1n) is 13.0. The minimum Gasteiger partial charge on any atom is -0.480 e. The van der Waals surface area contributed by atoms with E-state index in [1.165, 1.54) is 12.1 Å². The maximum Gasteiger partial charge on any atom is 0.322 e. The summed E-state index contributed by atoms with van der Waals surface area (Å²) in [6, 6.07) is 14.7. The number of hydrogen-bond acceptors (Lipinski definition) is 5. The maximum absolute atomic E-state index is 13.3. The van der Waals surface area contributed by atoms with E-state index in [-0.39, 0.29) is 27.5 Å². The summed E-state index contributed by atoms with van der Waals surface area (Å²) in [5.74, 6) is -1.09. The molecule has 0 unspecified atom stereocenters. The van der Waals surface area contributed by atoms with E-state index in [9.17, 15) is 19.2 Å². The quantitative estimate of drug-likeness (QED) is 0.468. The van der Waals surface area contributed by atoms with Crippen LogP contribution in [0, 0.1) is 5.92 Å². The number of para-hydroxylation sites is 1. The molecule has 0 radical (unpaired) electrons. The molecule has 12 heteroatoms. The number of carboxylic acid groups (broad SMARTS) is 1. The van der Waals surface area contributed by atoms with Crippen molar-refractivity contribution in [1.82, 2.24) is 20.4 Å². The van der Waals surface area contributed by atoms with Crippen molar-refractivity contribution in [1.29, 1.82) is 0 Å². The number of benzene rings is 2. The van der Waals surface area contributed by atoms with Crippen LogP contribution in [0.2, 0.25) is 10.0 Å². The van der Waals surface area contributed by atoms with Crippen molar-refractivity contribution in [3.8, 4) is 0 Å². The maximum atomic E-state index is 13.3. The van der Waals surface area contributed by atoms with Gasteiger partial charge in [-0.25, -0.2) is 4.79 Å². The van der Waals surface area contributed by atoms with Crippen LogP contribution in [0.3, 0.4) is 0 Å². The lowest BCUT2D eigenvalue weighted by Crippen LogP contribution is -2.58. The van der Waals surface area contributed by atoms with E-state index in [2.05, 4.69) is 41.5 Å². The number of hydrogen-bond donors (Lipinski definition) is 3. The van der Waals surface area contributed by atoms with E-state index in [0.717, 1.165) is 12.2 Å². The van der Waals surface area contributed by atoms with E-state index in [1.807, 2.05) is 23.1 Å². The fraction of sp³-hybridized carbons (Fsp3) is 0.429. The molecule has 3 N–H and O–H groups in total. The molecule has 1 spiro atoms. The molecule has 0 bridgehead atoms. The van der Waals surface area contributed by atoms with Crippen LogP contribution in [-0.2, 0) is 9.59 Å². The third kappa shape index (κ3) is 7.17. The largest absolute Gasteiger partial charge is 0.480 e. The molecule has 216 valence electrons. The molecule has 0 aliphatic carbocycles. The van der Waals surface area contributed by atoms with E-state index in [0.29, 0.717) is 38.5 Å². The predicted molar refractivity (Wildman–Crippen MR) is 155 cm³/mol. The highest BCUT2D eigenvalue weighted by atomic mass is 35.5. The molecule has 4 amide bonds. The molecule has 2 aliphatic heterocycles. The zero-order chi connectivity index (χ0) is 29.4. The van der Waals surface area contributed by atoms with Crippen LogP contribution < -0.4 is 15.5 Å². The number of anilines is 1. The molecular weight excluding hydrogens is 557 g/mol. The SMILES string of the molecule is CNC(=O)N1CCC2(CC1)C(=O)N(CC(C)C)CN2c1ccccc1.O=C(O)CNC(=O)c1c(Cl)cccc1Cl. The molecular formula is C28H35Cl2N5O5. The molecule has 10 nitrogen and oxygen atoms in total. The molecule has 2 aromatic rings. The van der Waals surface area contributed by atoms with Gasteiger partial charge in [0.2, 0.25) is 5.91 Å². The zero-order valence-corrected chi connectivity index (χ0v) is 24.3. The Labute approximate surface area is 244 Å². The Balaban J connectivity index is 0.000000252. The van der Waals surface area contributed by atoms with E-state index < -0.39 is 24.0 Å². The van der Waals surface area contributed by atoms with E-state index in [1.54, 1.807) is 18.0 Å². The van der Waals surface area contributed by atoms with Crippen molar-refractivity contribution in [2.45, 2.75) is 32.2 Å². The average molecular weight is 593 g/mol. The van der Waals surface area contributed by atoms with Crippen LogP contribution in [0.5, 0.6) is 0 Å². The molecule has 2 aliphatic rings. The van der Waals surface area contributed by atoms with E-state index in [4.69, 9.17) is 28.3 Å². The van der Waals surface area contributed by atoms with Crippen molar-refractivity contribution in [3.05, 3.63) is 64.1 Å². The van der Waals surface area contributed by atoms with Gasteiger partial charge < -0.3 is 30.4 Å². The number of halogens is 2. The first-order chi connectivity index (χ1) is 19.0. The Bertz CT molecular complexity index is 1200. The number of amides is 4.